The van der Waals surface area contributed by atoms with E-state index in [2.05, 4.69) is 15.9 Å². The molecular formula is C15H11BrFNO2. The van der Waals surface area contributed by atoms with Crippen molar-refractivity contribution in [2.45, 2.75) is 13.0 Å². The van der Waals surface area contributed by atoms with E-state index in [9.17, 15) is 9.50 Å². The Morgan fingerprint density at radius 3 is 2.45 bits per heavy atom. The Labute approximate surface area is 124 Å². The van der Waals surface area contributed by atoms with Gasteiger partial charge in [0.25, 0.3) is 0 Å². The summed E-state index contributed by atoms with van der Waals surface area (Å²) in [5.41, 5.74) is 0.714. The molecule has 0 amide bonds. The molecule has 0 bridgehead atoms. The zero-order valence-corrected chi connectivity index (χ0v) is 12.2. The van der Waals surface area contributed by atoms with Crippen LogP contribution in [0.1, 0.15) is 24.2 Å². The van der Waals surface area contributed by atoms with Crippen LogP contribution in [-0.4, -0.2) is 5.11 Å². The van der Waals surface area contributed by atoms with Crippen LogP contribution < -0.4 is 4.74 Å². The molecule has 0 aliphatic heterocycles. The highest BCUT2D eigenvalue weighted by atomic mass is 79.9. The maximum Gasteiger partial charge on any atom is 0.144 e. The number of aliphatic hydroxyl groups excluding tert-OH is 1. The Balaban J connectivity index is 2.25. The minimum atomic E-state index is -0.621. The van der Waals surface area contributed by atoms with Crippen LogP contribution >= 0.6 is 15.9 Å². The molecule has 0 radical (unpaired) electrons. The van der Waals surface area contributed by atoms with Crippen molar-refractivity contribution in [3.63, 3.8) is 0 Å². The van der Waals surface area contributed by atoms with Gasteiger partial charge in [0.1, 0.15) is 23.4 Å². The van der Waals surface area contributed by atoms with Gasteiger partial charge in [-0.1, -0.05) is 22.0 Å². The van der Waals surface area contributed by atoms with E-state index in [1.165, 1.54) is 12.1 Å². The summed E-state index contributed by atoms with van der Waals surface area (Å²) in [5, 5.41) is 18.2. The molecule has 1 N–H and O–H groups in total. The van der Waals surface area contributed by atoms with Gasteiger partial charge in [-0.25, -0.2) is 4.39 Å². The van der Waals surface area contributed by atoms with Gasteiger partial charge >= 0.3 is 0 Å². The normalized spacial score (nSPS) is 11.8. The van der Waals surface area contributed by atoms with Crippen molar-refractivity contribution in [3.05, 3.63) is 57.8 Å². The van der Waals surface area contributed by atoms with Crippen molar-refractivity contribution in [2.24, 2.45) is 0 Å². The number of ether oxygens (including phenoxy) is 1. The van der Waals surface area contributed by atoms with Crippen molar-refractivity contribution in [3.8, 4) is 17.6 Å². The Morgan fingerprint density at radius 1 is 1.25 bits per heavy atom. The van der Waals surface area contributed by atoms with Gasteiger partial charge in [-0.05, 0) is 36.8 Å². The van der Waals surface area contributed by atoms with Crippen LogP contribution in [0.2, 0.25) is 0 Å². The second kappa shape index (κ2) is 6.04. The summed E-state index contributed by atoms with van der Waals surface area (Å²) in [6.45, 7) is 1.66. The van der Waals surface area contributed by atoms with E-state index < -0.39 is 11.9 Å². The van der Waals surface area contributed by atoms with Crippen LogP contribution in [0.3, 0.4) is 0 Å². The fourth-order valence-electron chi connectivity index (χ4n) is 1.70. The monoisotopic (exact) mass is 335 g/mol. The van der Waals surface area contributed by atoms with Gasteiger partial charge in [-0.2, -0.15) is 5.26 Å². The predicted octanol–water partition coefficient (Wildman–Crippen LogP) is 4.31. The summed E-state index contributed by atoms with van der Waals surface area (Å²) in [6.07, 6.45) is -0.592. The minimum absolute atomic E-state index is 0.0250. The lowest BCUT2D eigenvalue weighted by Gasteiger charge is -2.11. The fraction of sp³-hybridized carbons (Fsp3) is 0.133. The predicted molar refractivity (Wildman–Crippen MR) is 76.0 cm³/mol. The topological polar surface area (TPSA) is 53.2 Å². The van der Waals surface area contributed by atoms with E-state index in [-0.39, 0.29) is 5.56 Å². The van der Waals surface area contributed by atoms with E-state index in [1.54, 1.807) is 31.2 Å². The summed E-state index contributed by atoms with van der Waals surface area (Å²) < 4.78 is 19.7. The van der Waals surface area contributed by atoms with E-state index in [1.807, 2.05) is 0 Å². The third-order valence-corrected chi connectivity index (χ3v) is 3.41. The fourth-order valence-corrected chi connectivity index (χ4v) is 2.39. The minimum Gasteiger partial charge on any atom is -0.457 e. The first-order valence-electron chi connectivity index (χ1n) is 5.86. The number of nitrogens with zero attached hydrogens (tertiary/aromatic N) is 1. The van der Waals surface area contributed by atoms with Gasteiger partial charge in [-0.15, -0.1) is 0 Å². The summed E-state index contributed by atoms with van der Waals surface area (Å²) in [4.78, 5) is 0. The van der Waals surface area contributed by atoms with Crippen molar-refractivity contribution in [2.75, 3.05) is 0 Å². The molecule has 20 heavy (non-hydrogen) atoms. The van der Waals surface area contributed by atoms with E-state index >= 15 is 0 Å². The maximum atomic E-state index is 13.5. The first-order chi connectivity index (χ1) is 9.51. The molecule has 0 aliphatic carbocycles. The molecule has 3 nitrogen and oxygen atoms in total. The molecule has 2 aromatic rings. The molecule has 0 heterocycles. The van der Waals surface area contributed by atoms with Crippen molar-refractivity contribution in [1.29, 1.82) is 5.26 Å². The molecule has 0 saturated heterocycles. The Bertz CT molecular complexity index is 680. The number of halogens is 2. The average Bonchev–Trinajstić information content (AvgIpc) is 2.38. The molecule has 2 aromatic carbocycles. The molecule has 1 unspecified atom stereocenters. The highest BCUT2D eigenvalue weighted by Gasteiger charge is 2.09. The third-order valence-electron chi connectivity index (χ3n) is 2.72. The first kappa shape index (κ1) is 14.5. The average molecular weight is 336 g/mol. The van der Waals surface area contributed by atoms with Crippen molar-refractivity contribution < 1.29 is 14.2 Å². The van der Waals surface area contributed by atoms with Gasteiger partial charge in [-0.3, -0.25) is 0 Å². The summed E-state index contributed by atoms with van der Waals surface area (Å²) in [7, 11) is 0. The highest BCUT2D eigenvalue weighted by Crippen LogP contribution is 2.30. The highest BCUT2D eigenvalue weighted by molar-refractivity contribution is 9.10. The molecule has 102 valence electrons. The van der Waals surface area contributed by atoms with Crippen molar-refractivity contribution >= 4 is 15.9 Å². The second-order valence-corrected chi connectivity index (χ2v) is 5.07. The number of nitriles is 1. The lowest BCUT2D eigenvalue weighted by molar-refractivity contribution is 0.198. The molecule has 0 aliphatic rings. The second-order valence-electron chi connectivity index (χ2n) is 4.21. The molecule has 0 saturated carbocycles. The number of hydrogen-bond donors (Lipinski definition) is 1. The van der Waals surface area contributed by atoms with E-state index in [4.69, 9.17) is 10.00 Å². The van der Waals surface area contributed by atoms with Gasteiger partial charge in [0.2, 0.25) is 0 Å². The standard InChI is InChI=1S/C15H11BrFNO2/c1-9(19)13-5-4-11(6-14(13)16)20-12-3-2-10(8-18)15(17)7-12/h2-7,9,19H,1H3. The summed E-state index contributed by atoms with van der Waals surface area (Å²) >= 11 is 3.34. The lowest BCUT2D eigenvalue weighted by atomic mass is 10.1. The third kappa shape index (κ3) is 3.16. The van der Waals surface area contributed by atoms with Gasteiger partial charge in [0.15, 0.2) is 0 Å². The summed E-state index contributed by atoms with van der Waals surface area (Å²) in [5.74, 6) is 0.188. The number of hydrogen-bond acceptors (Lipinski definition) is 3. The van der Waals surface area contributed by atoms with Crippen LogP contribution in [0.5, 0.6) is 11.5 Å². The molecule has 0 aromatic heterocycles. The molecule has 0 fully saturated rings. The zero-order valence-electron chi connectivity index (χ0n) is 10.6. The van der Waals surface area contributed by atoms with E-state index in [0.717, 1.165) is 11.6 Å². The quantitative estimate of drug-likeness (QED) is 0.909. The number of benzene rings is 2. The van der Waals surface area contributed by atoms with Crippen LogP contribution in [0.25, 0.3) is 0 Å². The van der Waals surface area contributed by atoms with E-state index in [0.29, 0.717) is 16.0 Å². The van der Waals surface area contributed by atoms with Crippen LogP contribution in [0.4, 0.5) is 4.39 Å². The smallest absolute Gasteiger partial charge is 0.144 e. The van der Waals surface area contributed by atoms with Crippen LogP contribution in [0, 0.1) is 17.1 Å². The van der Waals surface area contributed by atoms with Gasteiger partial charge in [0.05, 0.1) is 11.7 Å². The van der Waals surface area contributed by atoms with Crippen molar-refractivity contribution in [1.82, 2.24) is 0 Å². The Kier molecular flexibility index (Phi) is 4.38. The number of aliphatic hydroxyl groups is 1. The largest absolute Gasteiger partial charge is 0.457 e. The molecule has 1 atom stereocenters. The summed E-state index contributed by atoms with van der Waals surface area (Å²) in [6, 6.07) is 10.9. The molecular weight excluding hydrogens is 325 g/mol. The molecule has 0 spiro atoms. The van der Waals surface area contributed by atoms with Gasteiger partial charge in [0, 0.05) is 10.5 Å². The Morgan fingerprint density at radius 2 is 1.90 bits per heavy atom. The molecule has 2 rings (SSSR count). The maximum absolute atomic E-state index is 13.5. The SMILES string of the molecule is CC(O)c1ccc(Oc2ccc(C#N)c(F)c2)cc1Br. The number of rotatable bonds is 3. The van der Waals surface area contributed by atoms with Gasteiger partial charge < -0.3 is 9.84 Å². The Hall–Kier alpha value is -1.90. The molecule has 5 heteroatoms. The lowest BCUT2D eigenvalue weighted by Crippen LogP contribution is -1.93. The van der Waals surface area contributed by atoms with Crippen LogP contribution in [0.15, 0.2) is 40.9 Å². The zero-order chi connectivity index (χ0) is 14.7. The van der Waals surface area contributed by atoms with Crippen LogP contribution in [-0.2, 0) is 0 Å². The first-order valence-corrected chi connectivity index (χ1v) is 6.65.